The minimum absolute atomic E-state index is 0.0292. The molecule has 0 fully saturated rings. The molecule has 2 atom stereocenters. The Morgan fingerprint density at radius 3 is 2.68 bits per heavy atom. The van der Waals surface area contributed by atoms with Crippen molar-refractivity contribution >= 4 is 23.3 Å². The van der Waals surface area contributed by atoms with Gasteiger partial charge in [-0.25, -0.2) is 0 Å². The second-order valence-electron chi connectivity index (χ2n) is 7.49. The van der Waals surface area contributed by atoms with E-state index in [9.17, 15) is 10.1 Å². The van der Waals surface area contributed by atoms with Crippen molar-refractivity contribution in [3.8, 4) is 17.6 Å². The highest BCUT2D eigenvalue weighted by Gasteiger charge is 2.42. The molecule has 2 aliphatic rings. The third-order valence-electron chi connectivity index (χ3n) is 5.56. The fraction of sp³-hybridized carbons (Fsp3) is 0.292. The Morgan fingerprint density at radius 2 is 1.97 bits per heavy atom. The smallest absolute Gasteiger partial charge is 0.205 e. The fourth-order valence-electron chi connectivity index (χ4n) is 4.04. The third-order valence-corrected chi connectivity index (χ3v) is 5.81. The molecule has 1 heterocycles. The van der Waals surface area contributed by atoms with Gasteiger partial charge in [-0.2, -0.15) is 5.26 Å². The normalized spacial score (nSPS) is 20.5. The first-order chi connectivity index (χ1) is 15.0. The molecule has 158 valence electrons. The van der Waals surface area contributed by atoms with Gasteiger partial charge in [-0.05, 0) is 41.8 Å². The summed E-state index contributed by atoms with van der Waals surface area (Å²) >= 11 is 5.94. The van der Waals surface area contributed by atoms with Crippen molar-refractivity contribution in [1.82, 2.24) is 0 Å². The quantitative estimate of drug-likeness (QED) is 0.698. The number of nitrogens with one attached hydrogen (secondary N) is 1. The maximum absolute atomic E-state index is 12.7. The van der Waals surface area contributed by atoms with E-state index in [4.69, 9.17) is 31.2 Å². The van der Waals surface area contributed by atoms with Crippen LogP contribution in [0.3, 0.4) is 0 Å². The molecule has 7 heteroatoms. The molecule has 0 bridgehead atoms. The Kier molecular flexibility index (Phi) is 5.97. The molecule has 2 aromatic rings. The molecule has 1 N–H and O–H groups in total. The zero-order valence-electron chi connectivity index (χ0n) is 17.0. The van der Waals surface area contributed by atoms with Crippen LogP contribution in [0.5, 0.6) is 11.5 Å². The van der Waals surface area contributed by atoms with Gasteiger partial charge >= 0.3 is 0 Å². The molecule has 0 amide bonds. The van der Waals surface area contributed by atoms with Crippen LogP contribution in [0.15, 0.2) is 53.8 Å². The van der Waals surface area contributed by atoms with Crippen LogP contribution in [0.4, 0.5) is 0 Å². The van der Waals surface area contributed by atoms with Crippen LogP contribution in [0.25, 0.3) is 0 Å². The van der Waals surface area contributed by atoms with E-state index in [1.54, 1.807) is 31.4 Å². The number of nitrogens with zero attached hydrogens (tertiary/aromatic N) is 1. The molecule has 0 radical (unpaired) electrons. The van der Waals surface area contributed by atoms with Crippen molar-refractivity contribution in [2.75, 3.05) is 7.11 Å². The predicted octanol–water partition coefficient (Wildman–Crippen LogP) is 5.17. The van der Waals surface area contributed by atoms with Gasteiger partial charge in [-0.1, -0.05) is 29.8 Å². The summed E-state index contributed by atoms with van der Waals surface area (Å²) < 4.78 is 17.0. The summed E-state index contributed by atoms with van der Waals surface area (Å²) in [5.41, 5.74) is 2.16. The molecule has 0 saturated heterocycles. The Hall–Kier alpha value is -3.30. The molecule has 2 unspecified atom stereocenters. The summed E-state index contributed by atoms with van der Waals surface area (Å²) in [6.45, 7) is 0.301. The number of rotatable bonds is 5. The topological polar surface area (TPSA) is 92.4 Å². The van der Waals surface area contributed by atoms with E-state index in [0.29, 0.717) is 59.3 Å². The molecular weight excluding hydrogens is 416 g/mol. The number of halogens is 1. The van der Waals surface area contributed by atoms with Crippen LogP contribution in [0, 0.1) is 22.7 Å². The zero-order chi connectivity index (χ0) is 22.0. The largest absolute Gasteiger partial charge is 0.493 e. The first kappa shape index (κ1) is 21.0. The Labute approximate surface area is 185 Å². The average Bonchev–Trinajstić information content (AvgIpc) is 2.77. The lowest BCUT2D eigenvalue weighted by atomic mass is 9.74. The molecule has 6 nitrogen and oxygen atoms in total. The number of hydrogen-bond donors (Lipinski definition) is 1. The van der Waals surface area contributed by atoms with Crippen LogP contribution < -0.4 is 9.47 Å². The van der Waals surface area contributed by atoms with E-state index in [1.807, 2.05) is 18.2 Å². The fourth-order valence-corrected chi connectivity index (χ4v) is 4.16. The van der Waals surface area contributed by atoms with E-state index >= 15 is 0 Å². The van der Waals surface area contributed by atoms with Crippen LogP contribution in [0.1, 0.15) is 36.3 Å². The second-order valence-corrected chi connectivity index (χ2v) is 7.93. The molecule has 0 saturated carbocycles. The molecule has 2 aromatic carbocycles. The van der Waals surface area contributed by atoms with Crippen molar-refractivity contribution in [3.05, 3.63) is 69.9 Å². The number of ketones is 1. The zero-order valence-corrected chi connectivity index (χ0v) is 17.7. The van der Waals surface area contributed by atoms with Crippen LogP contribution in [0.2, 0.25) is 5.02 Å². The van der Waals surface area contributed by atoms with E-state index in [2.05, 4.69) is 6.07 Å². The standard InChI is InChI=1S/C24H21ClN2O4/c1-29-19-10-7-15(11-21(19)30-13-14-5-8-16(25)9-6-14)22-17(12-26)24(27)31-20-4-2-3-18(28)23(20)22/h5-11,17,22,27H,2-4,13H2,1H3. The summed E-state index contributed by atoms with van der Waals surface area (Å²) in [5.74, 6) is -0.0557. The third kappa shape index (κ3) is 4.14. The molecule has 0 aromatic heterocycles. The summed E-state index contributed by atoms with van der Waals surface area (Å²) in [5, 5.41) is 18.6. The number of nitriles is 1. The lowest BCUT2D eigenvalue weighted by molar-refractivity contribution is -0.116. The summed E-state index contributed by atoms with van der Waals surface area (Å²) in [6, 6.07) is 14.8. The van der Waals surface area contributed by atoms with E-state index in [1.165, 1.54) is 0 Å². The number of methoxy groups -OCH3 is 1. The number of hydrogen-bond acceptors (Lipinski definition) is 6. The molecule has 31 heavy (non-hydrogen) atoms. The predicted molar refractivity (Wildman–Crippen MR) is 115 cm³/mol. The van der Waals surface area contributed by atoms with Crippen molar-refractivity contribution < 1.29 is 19.0 Å². The van der Waals surface area contributed by atoms with Gasteiger partial charge in [0.25, 0.3) is 0 Å². The molecule has 1 aliphatic carbocycles. The summed E-state index contributed by atoms with van der Waals surface area (Å²) in [4.78, 5) is 12.7. The van der Waals surface area contributed by atoms with Crippen molar-refractivity contribution in [2.45, 2.75) is 31.8 Å². The van der Waals surface area contributed by atoms with Gasteiger partial charge in [0, 0.05) is 29.4 Å². The highest BCUT2D eigenvalue weighted by molar-refractivity contribution is 6.30. The number of Topliss-reactive ketones (excluding diaryl/α,β-unsaturated/α-hetero) is 1. The number of carbonyl (C=O) groups excluding carboxylic acids is 1. The second kappa shape index (κ2) is 8.83. The first-order valence-electron chi connectivity index (χ1n) is 9.99. The Morgan fingerprint density at radius 1 is 1.19 bits per heavy atom. The molecule has 1 aliphatic heterocycles. The Bertz CT molecular complexity index is 1100. The summed E-state index contributed by atoms with van der Waals surface area (Å²) in [6.07, 6.45) is 1.70. The number of allylic oxidation sites excluding steroid dienone is 2. The van der Waals surface area contributed by atoms with Crippen LogP contribution >= 0.6 is 11.6 Å². The Balaban J connectivity index is 1.71. The summed E-state index contributed by atoms with van der Waals surface area (Å²) in [7, 11) is 1.55. The monoisotopic (exact) mass is 436 g/mol. The van der Waals surface area contributed by atoms with Gasteiger partial charge in [0.05, 0.1) is 13.2 Å². The van der Waals surface area contributed by atoms with Gasteiger partial charge < -0.3 is 14.2 Å². The minimum Gasteiger partial charge on any atom is -0.493 e. The number of carbonyl (C=O) groups is 1. The van der Waals surface area contributed by atoms with Crippen LogP contribution in [-0.2, 0) is 16.1 Å². The SMILES string of the molecule is COc1ccc(C2C3=C(CCCC3=O)OC(=N)C2C#N)cc1OCc1ccc(Cl)cc1. The first-order valence-corrected chi connectivity index (χ1v) is 10.4. The molecular formula is C24H21ClN2O4. The van der Waals surface area contributed by atoms with E-state index < -0.39 is 11.8 Å². The van der Waals surface area contributed by atoms with Gasteiger partial charge in [-0.15, -0.1) is 0 Å². The minimum atomic E-state index is -0.877. The average molecular weight is 437 g/mol. The van der Waals surface area contributed by atoms with Crippen molar-refractivity contribution in [1.29, 1.82) is 10.7 Å². The van der Waals surface area contributed by atoms with Gasteiger partial charge in [0.1, 0.15) is 18.3 Å². The van der Waals surface area contributed by atoms with Gasteiger partial charge in [0.15, 0.2) is 17.3 Å². The lowest BCUT2D eigenvalue weighted by Gasteiger charge is -2.34. The lowest BCUT2D eigenvalue weighted by Crippen LogP contribution is -2.34. The van der Waals surface area contributed by atoms with Crippen molar-refractivity contribution in [2.24, 2.45) is 5.92 Å². The maximum Gasteiger partial charge on any atom is 0.205 e. The van der Waals surface area contributed by atoms with Crippen LogP contribution in [-0.4, -0.2) is 18.8 Å². The highest BCUT2D eigenvalue weighted by atomic mass is 35.5. The molecule has 0 spiro atoms. The van der Waals surface area contributed by atoms with E-state index in [0.717, 1.165) is 5.56 Å². The molecule has 4 rings (SSSR count). The number of benzene rings is 2. The van der Waals surface area contributed by atoms with Gasteiger partial charge in [0.2, 0.25) is 5.90 Å². The highest BCUT2D eigenvalue weighted by Crippen LogP contribution is 2.45. The van der Waals surface area contributed by atoms with E-state index in [-0.39, 0.29) is 11.7 Å². The maximum atomic E-state index is 12.7. The van der Waals surface area contributed by atoms with Gasteiger partial charge in [-0.3, -0.25) is 10.2 Å². The number of ether oxygens (including phenoxy) is 3. The van der Waals surface area contributed by atoms with Crippen molar-refractivity contribution in [3.63, 3.8) is 0 Å².